The third-order valence-electron chi connectivity index (χ3n) is 2.61. The van der Waals surface area contributed by atoms with Crippen molar-refractivity contribution in [2.24, 2.45) is 0 Å². The molecular weight excluding hydrogens is 204 g/mol. The fourth-order valence-electron chi connectivity index (χ4n) is 1.76. The van der Waals surface area contributed by atoms with Gasteiger partial charge in [-0.25, -0.2) is 4.79 Å². The van der Waals surface area contributed by atoms with Crippen molar-refractivity contribution in [2.45, 2.75) is 25.0 Å². The number of rotatable bonds is 3. The van der Waals surface area contributed by atoms with Crippen LogP contribution in [0.5, 0.6) is 0 Å². The summed E-state index contributed by atoms with van der Waals surface area (Å²) in [7, 11) is 0. The Labute approximate surface area is 94.4 Å². The van der Waals surface area contributed by atoms with Crippen LogP contribution >= 0.6 is 0 Å². The molecule has 2 rings (SSSR count). The minimum absolute atomic E-state index is 0.372. The average Bonchev–Trinajstić information content (AvgIpc) is 2.30. The maximum Gasteiger partial charge on any atom is 0.330 e. The molecule has 1 unspecified atom stereocenters. The second-order valence-electron chi connectivity index (χ2n) is 3.87. The Morgan fingerprint density at radius 3 is 2.81 bits per heavy atom. The molecular formula is C13H14O3. The summed E-state index contributed by atoms with van der Waals surface area (Å²) in [4.78, 5) is 11.0. The lowest BCUT2D eigenvalue weighted by atomic mass is 10.0. The summed E-state index contributed by atoms with van der Waals surface area (Å²) in [6.45, 7) is 0. The standard InChI is InChI=1S/C13H14O3/c14-11(9-10-5-2-1-3-6-10)12-7-4-8-13(15)16-12/h1-6,8,11-12,14H,7,9H2/t11-,12?/m1/s1. The number of ether oxygens (including phenoxy) is 1. The molecule has 0 bridgehead atoms. The van der Waals surface area contributed by atoms with Crippen molar-refractivity contribution in [1.29, 1.82) is 0 Å². The van der Waals surface area contributed by atoms with Crippen molar-refractivity contribution in [2.75, 3.05) is 0 Å². The van der Waals surface area contributed by atoms with Gasteiger partial charge < -0.3 is 9.84 Å². The van der Waals surface area contributed by atoms with E-state index in [1.807, 2.05) is 30.3 Å². The van der Waals surface area contributed by atoms with Gasteiger partial charge in [-0.1, -0.05) is 36.4 Å². The van der Waals surface area contributed by atoms with Gasteiger partial charge >= 0.3 is 5.97 Å². The summed E-state index contributed by atoms with van der Waals surface area (Å²) in [5.41, 5.74) is 1.04. The van der Waals surface area contributed by atoms with Gasteiger partial charge in [0.1, 0.15) is 6.10 Å². The highest BCUT2D eigenvalue weighted by Crippen LogP contribution is 2.15. The second-order valence-corrected chi connectivity index (χ2v) is 3.87. The van der Waals surface area contributed by atoms with E-state index in [1.54, 1.807) is 6.08 Å². The quantitative estimate of drug-likeness (QED) is 0.781. The molecule has 3 nitrogen and oxygen atoms in total. The molecule has 0 aromatic heterocycles. The topological polar surface area (TPSA) is 46.5 Å². The Balaban J connectivity index is 1.96. The van der Waals surface area contributed by atoms with E-state index in [0.29, 0.717) is 12.8 Å². The van der Waals surface area contributed by atoms with Crippen LogP contribution in [0.1, 0.15) is 12.0 Å². The van der Waals surface area contributed by atoms with E-state index in [-0.39, 0.29) is 5.97 Å². The highest BCUT2D eigenvalue weighted by atomic mass is 16.6. The van der Waals surface area contributed by atoms with Crippen LogP contribution in [0.15, 0.2) is 42.5 Å². The van der Waals surface area contributed by atoms with Crippen molar-refractivity contribution in [3.63, 3.8) is 0 Å². The molecule has 0 fully saturated rings. The molecule has 0 amide bonds. The molecule has 84 valence electrons. The first-order chi connectivity index (χ1) is 7.75. The molecule has 0 saturated carbocycles. The molecule has 0 radical (unpaired) electrons. The van der Waals surface area contributed by atoms with E-state index < -0.39 is 12.2 Å². The van der Waals surface area contributed by atoms with Crippen LogP contribution in [0.3, 0.4) is 0 Å². The monoisotopic (exact) mass is 218 g/mol. The first kappa shape index (κ1) is 10.9. The lowest BCUT2D eigenvalue weighted by Crippen LogP contribution is -2.34. The van der Waals surface area contributed by atoms with E-state index in [2.05, 4.69) is 0 Å². The number of aliphatic hydroxyl groups is 1. The molecule has 2 atom stereocenters. The Kier molecular flexibility index (Phi) is 3.37. The van der Waals surface area contributed by atoms with Gasteiger partial charge in [0.15, 0.2) is 0 Å². The first-order valence-corrected chi connectivity index (χ1v) is 5.35. The predicted molar refractivity (Wildman–Crippen MR) is 59.8 cm³/mol. The first-order valence-electron chi connectivity index (χ1n) is 5.35. The van der Waals surface area contributed by atoms with Gasteiger partial charge in [-0.05, 0) is 5.56 Å². The molecule has 16 heavy (non-hydrogen) atoms. The van der Waals surface area contributed by atoms with Gasteiger partial charge in [0.25, 0.3) is 0 Å². The average molecular weight is 218 g/mol. The predicted octanol–water partition coefficient (Wildman–Crippen LogP) is 1.46. The molecule has 1 heterocycles. The molecule has 1 aromatic carbocycles. The summed E-state index contributed by atoms with van der Waals surface area (Å²) in [5.74, 6) is -0.372. The smallest absolute Gasteiger partial charge is 0.330 e. The fraction of sp³-hybridized carbons (Fsp3) is 0.308. The third-order valence-corrected chi connectivity index (χ3v) is 2.61. The van der Waals surface area contributed by atoms with E-state index in [4.69, 9.17) is 4.74 Å². The number of esters is 1. The maximum absolute atomic E-state index is 11.0. The second kappa shape index (κ2) is 4.94. The van der Waals surface area contributed by atoms with Crippen LogP contribution in [0.25, 0.3) is 0 Å². The molecule has 1 aliphatic heterocycles. The molecule has 1 aliphatic rings. The van der Waals surface area contributed by atoms with Crippen LogP contribution < -0.4 is 0 Å². The van der Waals surface area contributed by atoms with Crippen LogP contribution in [-0.2, 0) is 16.0 Å². The number of carbonyl (C=O) groups excluding carboxylic acids is 1. The highest BCUT2D eigenvalue weighted by Gasteiger charge is 2.24. The molecule has 0 aliphatic carbocycles. The molecule has 0 saturated heterocycles. The molecule has 0 spiro atoms. The molecule has 1 aromatic rings. The number of hydrogen-bond donors (Lipinski definition) is 1. The Bertz CT molecular complexity index is 383. The Hall–Kier alpha value is -1.61. The van der Waals surface area contributed by atoms with Crippen LogP contribution in [0.4, 0.5) is 0 Å². The van der Waals surface area contributed by atoms with Crippen LogP contribution in [0.2, 0.25) is 0 Å². The van der Waals surface area contributed by atoms with Gasteiger partial charge in [0, 0.05) is 18.9 Å². The maximum atomic E-state index is 11.0. The fourth-order valence-corrected chi connectivity index (χ4v) is 1.76. The number of aliphatic hydroxyl groups excluding tert-OH is 1. The summed E-state index contributed by atoms with van der Waals surface area (Å²) in [6.07, 6.45) is 3.16. The summed E-state index contributed by atoms with van der Waals surface area (Å²) >= 11 is 0. The highest BCUT2D eigenvalue weighted by molar-refractivity contribution is 5.82. The Morgan fingerprint density at radius 2 is 2.12 bits per heavy atom. The zero-order chi connectivity index (χ0) is 11.4. The Morgan fingerprint density at radius 1 is 1.38 bits per heavy atom. The summed E-state index contributed by atoms with van der Waals surface area (Å²) < 4.78 is 5.04. The number of benzene rings is 1. The van der Waals surface area contributed by atoms with Gasteiger partial charge in [-0.2, -0.15) is 0 Å². The van der Waals surface area contributed by atoms with Crippen molar-refractivity contribution in [3.8, 4) is 0 Å². The van der Waals surface area contributed by atoms with Crippen molar-refractivity contribution in [3.05, 3.63) is 48.0 Å². The van der Waals surface area contributed by atoms with Crippen molar-refractivity contribution in [1.82, 2.24) is 0 Å². The molecule has 3 heteroatoms. The minimum Gasteiger partial charge on any atom is -0.456 e. The van der Waals surface area contributed by atoms with Crippen LogP contribution in [-0.4, -0.2) is 23.3 Å². The van der Waals surface area contributed by atoms with Crippen LogP contribution in [0, 0.1) is 0 Å². The van der Waals surface area contributed by atoms with Gasteiger partial charge in [0.05, 0.1) is 6.10 Å². The van der Waals surface area contributed by atoms with Crippen molar-refractivity contribution >= 4 is 5.97 Å². The van der Waals surface area contributed by atoms with Gasteiger partial charge in [-0.15, -0.1) is 0 Å². The van der Waals surface area contributed by atoms with Gasteiger partial charge in [-0.3, -0.25) is 0 Å². The molecule has 1 N–H and O–H groups in total. The van der Waals surface area contributed by atoms with Gasteiger partial charge in [0.2, 0.25) is 0 Å². The lowest BCUT2D eigenvalue weighted by molar-refractivity contribution is -0.150. The third kappa shape index (κ3) is 2.70. The largest absolute Gasteiger partial charge is 0.456 e. The number of carbonyl (C=O) groups is 1. The normalized spacial score (nSPS) is 21.6. The summed E-state index contributed by atoms with van der Waals surface area (Å²) in [6, 6.07) is 9.68. The number of hydrogen-bond acceptors (Lipinski definition) is 3. The van der Waals surface area contributed by atoms with E-state index >= 15 is 0 Å². The minimum atomic E-state index is -0.642. The van der Waals surface area contributed by atoms with E-state index in [1.165, 1.54) is 6.08 Å². The SMILES string of the molecule is O=C1C=CCC([C@H](O)Cc2ccccc2)O1. The zero-order valence-electron chi connectivity index (χ0n) is 8.87. The van der Waals surface area contributed by atoms with E-state index in [0.717, 1.165) is 5.56 Å². The summed E-state index contributed by atoms with van der Waals surface area (Å²) in [5, 5.41) is 9.93. The van der Waals surface area contributed by atoms with E-state index in [9.17, 15) is 9.90 Å². The zero-order valence-corrected chi connectivity index (χ0v) is 8.87. The number of cyclic esters (lactones) is 1. The lowest BCUT2D eigenvalue weighted by Gasteiger charge is -2.23. The van der Waals surface area contributed by atoms with Crippen molar-refractivity contribution < 1.29 is 14.6 Å².